The maximum atomic E-state index is 11.3. The lowest BCUT2D eigenvalue weighted by atomic mass is 10.2. The van der Waals surface area contributed by atoms with E-state index >= 15 is 0 Å². The number of rotatable bonds is 4. The van der Waals surface area contributed by atoms with E-state index in [1.165, 1.54) is 0 Å². The molecule has 0 saturated carbocycles. The topological polar surface area (TPSA) is 43.4 Å². The van der Waals surface area contributed by atoms with E-state index in [1.807, 2.05) is 19.1 Å². The molecule has 0 aliphatic heterocycles. The van der Waals surface area contributed by atoms with Gasteiger partial charge in [0.05, 0.1) is 6.61 Å². The molecule has 0 aliphatic carbocycles. The molecule has 4 heteroatoms. The average molecular weight is 214 g/mol. The summed E-state index contributed by atoms with van der Waals surface area (Å²) < 4.78 is 27.2. The smallest absolute Gasteiger partial charge is 0.270 e. The van der Waals surface area contributed by atoms with E-state index in [0.717, 1.165) is 11.1 Å². The van der Waals surface area contributed by atoms with Gasteiger partial charge in [0.15, 0.2) is 0 Å². The summed E-state index contributed by atoms with van der Waals surface area (Å²) >= 11 is 0. The molecule has 3 nitrogen and oxygen atoms in total. The van der Waals surface area contributed by atoms with Gasteiger partial charge in [-0.3, -0.25) is 4.18 Å². The third kappa shape index (κ3) is 3.47. The summed E-state index contributed by atoms with van der Waals surface area (Å²) in [6.45, 7) is 3.81. The largest absolute Gasteiger partial charge is 0.271 e. The summed E-state index contributed by atoms with van der Waals surface area (Å²) in [4.78, 5) is 0. The van der Waals surface area contributed by atoms with Gasteiger partial charge in [-0.25, -0.2) is 0 Å². The summed E-state index contributed by atoms with van der Waals surface area (Å²) in [5.74, 6) is -0.0544. The standard InChI is InChI=1S/C10H14O3S/c1-3-13-14(11,12)8-10-6-4-9(2)5-7-10/h4-7H,3,8H2,1-2H3. The first-order valence-corrected chi connectivity index (χ1v) is 6.04. The Labute approximate surface area is 84.8 Å². The summed E-state index contributed by atoms with van der Waals surface area (Å²) in [6.07, 6.45) is 0. The Morgan fingerprint density at radius 1 is 1.21 bits per heavy atom. The molecule has 0 amide bonds. The van der Waals surface area contributed by atoms with Gasteiger partial charge in [0.2, 0.25) is 0 Å². The lowest BCUT2D eigenvalue weighted by molar-refractivity contribution is 0.337. The molecule has 0 spiro atoms. The van der Waals surface area contributed by atoms with Crippen LogP contribution in [0.15, 0.2) is 24.3 Å². The van der Waals surface area contributed by atoms with Crippen LogP contribution in [0.4, 0.5) is 0 Å². The second-order valence-corrected chi connectivity index (χ2v) is 4.73. The van der Waals surface area contributed by atoms with Crippen molar-refractivity contribution in [2.45, 2.75) is 19.6 Å². The molecule has 0 aliphatic rings. The van der Waals surface area contributed by atoms with Crippen LogP contribution in [0.1, 0.15) is 18.1 Å². The molecule has 14 heavy (non-hydrogen) atoms. The first-order chi connectivity index (χ1) is 6.53. The molecule has 0 N–H and O–H groups in total. The monoisotopic (exact) mass is 214 g/mol. The van der Waals surface area contributed by atoms with Crippen LogP contribution in [0.3, 0.4) is 0 Å². The molecule has 0 aromatic heterocycles. The van der Waals surface area contributed by atoms with Gasteiger partial charge in [-0.15, -0.1) is 0 Å². The van der Waals surface area contributed by atoms with Crippen LogP contribution in [-0.4, -0.2) is 15.0 Å². The SMILES string of the molecule is CCOS(=O)(=O)Cc1ccc(C)cc1. The van der Waals surface area contributed by atoms with Crippen molar-refractivity contribution in [1.82, 2.24) is 0 Å². The van der Waals surface area contributed by atoms with Crippen LogP contribution in [0.2, 0.25) is 0 Å². The molecule has 0 atom stereocenters. The Bertz CT molecular complexity index is 378. The minimum atomic E-state index is -3.40. The minimum absolute atomic E-state index is 0.0544. The zero-order valence-corrected chi connectivity index (χ0v) is 9.17. The van der Waals surface area contributed by atoms with Gasteiger partial charge in [-0.1, -0.05) is 29.8 Å². The van der Waals surface area contributed by atoms with E-state index in [4.69, 9.17) is 0 Å². The number of aryl methyl sites for hydroxylation is 1. The van der Waals surface area contributed by atoms with Gasteiger partial charge in [-0.2, -0.15) is 8.42 Å². The van der Waals surface area contributed by atoms with Crippen LogP contribution in [-0.2, 0) is 20.1 Å². The third-order valence-corrected chi connectivity index (χ3v) is 3.04. The van der Waals surface area contributed by atoms with Crippen LogP contribution in [0, 0.1) is 6.92 Å². The molecule has 78 valence electrons. The summed E-state index contributed by atoms with van der Waals surface area (Å²) in [6, 6.07) is 7.37. The minimum Gasteiger partial charge on any atom is -0.270 e. The van der Waals surface area contributed by atoms with Crippen molar-refractivity contribution < 1.29 is 12.6 Å². The second kappa shape index (κ2) is 4.57. The first-order valence-electron chi connectivity index (χ1n) is 4.46. The molecule has 1 aromatic rings. The lowest BCUT2D eigenvalue weighted by Crippen LogP contribution is -2.08. The van der Waals surface area contributed by atoms with E-state index in [2.05, 4.69) is 4.18 Å². The van der Waals surface area contributed by atoms with Gasteiger partial charge in [0, 0.05) is 0 Å². The summed E-state index contributed by atoms with van der Waals surface area (Å²) in [7, 11) is -3.40. The number of hydrogen-bond acceptors (Lipinski definition) is 3. The highest BCUT2D eigenvalue weighted by molar-refractivity contribution is 7.85. The first kappa shape index (κ1) is 11.2. The van der Waals surface area contributed by atoms with E-state index < -0.39 is 10.1 Å². The Morgan fingerprint density at radius 3 is 2.29 bits per heavy atom. The Kier molecular flexibility index (Phi) is 3.66. The highest BCUT2D eigenvalue weighted by atomic mass is 32.2. The fraction of sp³-hybridized carbons (Fsp3) is 0.400. The second-order valence-electron chi connectivity index (χ2n) is 3.09. The Hall–Kier alpha value is -0.870. The molecule has 0 heterocycles. The fourth-order valence-electron chi connectivity index (χ4n) is 1.11. The number of hydrogen-bond donors (Lipinski definition) is 0. The molecule has 0 fully saturated rings. The van der Waals surface area contributed by atoms with E-state index in [1.54, 1.807) is 19.1 Å². The third-order valence-electron chi connectivity index (χ3n) is 1.76. The molecular weight excluding hydrogens is 200 g/mol. The molecule has 0 radical (unpaired) electrons. The van der Waals surface area contributed by atoms with Gasteiger partial charge in [-0.05, 0) is 19.4 Å². The normalized spacial score (nSPS) is 11.6. The predicted octanol–water partition coefficient (Wildman–Crippen LogP) is 1.86. The highest BCUT2D eigenvalue weighted by Crippen LogP contribution is 2.08. The Balaban J connectivity index is 2.74. The van der Waals surface area contributed by atoms with Crippen LogP contribution in [0.25, 0.3) is 0 Å². The molecule has 1 aromatic carbocycles. The van der Waals surface area contributed by atoms with Gasteiger partial charge in [0.25, 0.3) is 10.1 Å². The van der Waals surface area contributed by atoms with E-state index in [-0.39, 0.29) is 12.4 Å². The van der Waals surface area contributed by atoms with Crippen LogP contribution < -0.4 is 0 Å². The Morgan fingerprint density at radius 2 is 1.79 bits per heavy atom. The van der Waals surface area contributed by atoms with Gasteiger partial charge in [0.1, 0.15) is 5.75 Å². The van der Waals surface area contributed by atoms with E-state index in [9.17, 15) is 8.42 Å². The quantitative estimate of drug-likeness (QED) is 0.718. The summed E-state index contributed by atoms with van der Waals surface area (Å²) in [5, 5.41) is 0. The molecule has 1 rings (SSSR count). The molecule has 0 unspecified atom stereocenters. The van der Waals surface area contributed by atoms with Crippen molar-refractivity contribution >= 4 is 10.1 Å². The van der Waals surface area contributed by atoms with Crippen LogP contribution in [0.5, 0.6) is 0 Å². The predicted molar refractivity (Wildman–Crippen MR) is 55.4 cm³/mol. The maximum Gasteiger partial charge on any atom is 0.271 e. The summed E-state index contributed by atoms with van der Waals surface area (Å²) in [5.41, 5.74) is 1.87. The average Bonchev–Trinajstić information content (AvgIpc) is 2.08. The van der Waals surface area contributed by atoms with E-state index in [0.29, 0.717) is 0 Å². The highest BCUT2D eigenvalue weighted by Gasteiger charge is 2.10. The van der Waals surface area contributed by atoms with Crippen molar-refractivity contribution in [3.05, 3.63) is 35.4 Å². The molecule has 0 bridgehead atoms. The maximum absolute atomic E-state index is 11.3. The molecular formula is C10H14O3S. The lowest BCUT2D eigenvalue weighted by Gasteiger charge is -2.03. The van der Waals surface area contributed by atoms with Crippen molar-refractivity contribution in [2.75, 3.05) is 6.61 Å². The van der Waals surface area contributed by atoms with Crippen molar-refractivity contribution in [1.29, 1.82) is 0 Å². The fourth-order valence-corrected chi connectivity index (χ4v) is 2.15. The zero-order valence-electron chi connectivity index (χ0n) is 8.36. The number of benzene rings is 1. The van der Waals surface area contributed by atoms with Gasteiger partial charge < -0.3 is 0 Å². The van der Waals surface area contributed by atoms with Gasteiger partial charge >= 0.3 is 0 Å². The van der Waals surface area contributed by atoms with Crippen LogP contribution >= 0.6 is 0 Å². The van der Waals surface area contributed by atoms with Crippen molar-refractivity contribution in [2.24, 2.45) is 0 Å². The molecule has 0 saturated heterocycles. The van der Waals surface area contributed by atoms with Crippen molar-refractivity contribution in [3.63, 3.8) is 0 Å². The zero-order chi connectivity index (χ0) is 10.6. The van der Waals surface area contributed by atoms with Crippen molar-refractivity contribution in [3.8, 4) is 0 Å².